The van der Waals surface area contributed by atoms with E-state index in [1.807, 2.05) is 0 Å². The van der Waals surface area contributed by atoms with Crippen molar-refractivity contribution in [2.24, 2.45) is 4.99 Å². The van der Waals surface area contributed by atoms with Gasteiger partial charge in [-0.2, -0.15) is 4.99 Å². The third-order valence-corrected chi connectivity index (χ3v) is 3.38. The predicted octanol–water partition coefficient (Wildman–Crippen LogP) is -0.0642. The summed E-state index contributed by atoms with van der Waals surface area (Å²) in [4.78, 5) is 3.80. The zero-order valence-corrected chi connectivity index (χ0v) is 11.3. The molecular weight excluding hydrogens is 282 g/mol. The Labute approximate surface area is 121 Å². The van der Waals surface area contributed by atoms with Crippen molar-refractivity contribution < 1.29 is 25.2 Å². The van der Waals surface area contributed by atoms with Crippen LogP contribution in [0.1, 0.15) is 11.7 Å². The topological polar surface area (TPSA) is 103 Å². The number of rotatable bonds is 3. The molecule has 20 heavy (non-hydrogen) atoms. The summed E-state index contributed by atoms with van der Waals surface area (Å²) in [5.41, 5.74) is 1.21. The van der Waals surface area contributed by atoms with Gasteiger partial charge in [0.25, 0.3) is 0 Å². The molecule has 0 amide bonds. The summed E-state index contributed by atoms with van der Waals surface area (Å²) in [6, 6.07) is 6.66. The molecule has 1 aromatic rings. The van der Waals surface area contributed by atoms with Crippen molar-refractivity contribution in [3.8, 4) is 0 Å². The van der Waals surface area contributed by atoms with E-state index in [1.54, 1.807) is 24.3 Å². The minimum absolute atomic E-state index is 0.450. The summed E-state index contributed by atoms with van der Waals surface area (Å²) in [5, 5.41) is 40.8. The second kappa shape index (κ2) is 6.51. The normalized spacial score (nSPS) is 33.5. The molecule has 1 fully saturated rings. The van der Waals surface area contributed by atoms with Crippen molar-refractivity contribution >= 4 is 23.1 Å². The molecule has 0 saturated carbocycles. The van der Waals surface area contributed by atoms with Crippen LogP contribution in [0.4, 0.5) is 5.69 Å². The number of hydrogen-bond donors (Lipinski definition) is 4. The lowest BCUT2D eigenvalue weighted by molar-refractivity contribution is -0.231. The SMILES string of the molecule is OC[C@H]1O[C@@H](c2ccc(N=C=S)cc2)[C@@H](O)[C@@H](O)[C@@H]1O. The van der Waals surface area contributed by atoms with Crippen molar-refractivity contribution in [2.75, 3.05) is 6.61 Å². The minimum atomic E-state index is -1.38. The summed E-state index contributed by atoms with van der Waals surface area (Å²) < 4.78 is 5.44. The summed E-state index contributed by atoms with van der Waals surface area (Å²) in [7, 11) is 0. The second-order valence-electron chi connectivity index (χ2n) is 4.54. The van der Waals surface area contributed by atoms with Crippen molar-refractivity contribution in [2.45, 2.75) is 30.5 Å². The molecule has 0 aliphatic carbocycles. The van der Waals surface area contributed by atoms with Gasteiger partial charge in [0.2, 0.25) is 0 Å². The van der Waals surface area contributed by atoms with Crippen LogP contribution >= 0.6 is 12.2 Å². The van der Waals surface area contributed by atoms with E-state index in [1.165, 1.54) is 0 Å². The zero-order valence-electron chi connectivity index (χ0n) is 10.5. The molecular formula is C13H15NO5S. The van der Waals surface area contributed by atoms with Crippen molar-refractivity contribution in [1.82, 2.24) is 0 Å². The Morgan fingerprint density at radius 2 is 1.75 bits per heavy atom. The average molecular weight is 297 g/mol. The fourth-order valence-electron chi connectivity index (χ4n) is 2.17. The van der Waals surface area contributed by atoms with Gasteiger partial charge >= 0.3 is 0 Å². The zero-order chi connectivity index (χ0) is 14.7. The molecule has 1 aromatic carbocycles. The first-order chi connectivity index (χ1) is 9.58. The Kier molecular flexibility index (Phi) is 4.95. The van der Waals surface area contributed by atoms with E-state index in [0.29, 0.717) is 11.3 Å². The van der Waals surface area contributed by atoms with Crippen LogP contribution in [0, 0.1) is 0 Å². The Hall–Kier alpha value is -1.18. The molecule has 0 unspecified atom stereocenters. The van der Waals surface area contributed by atoms with Crippen LogP contribution in [0.5, 0.6) is 0 Å². The number of thiocarbonyl (C=S) groups is 1. The number of hydrogen-bond acceptors (Lipinski definition) is 7. The smallest absolute Gasteiger partial charge is 0.113 e. The molecule has 1 aliphatic heterocycles. The lowest BCUT2D eigenvalue weighted by Gasteiger charge is -2.40. The quantitative estimate of drug-likeness (QED) is 0.460. The van der Waals surface area contributed by atoms with Crippen molar-refractivity contribution in [1.29, 1.82) is 0 Å². The maximum Gasteiger partial charge on any atom is 0.113 e. The lowest BCUT2D eigenvalue weighted by atomic mass is 9.91. The molecule has 1 aliphatic rings. The number of isothiocyanates is 1. The Morgan fingerprint density at radius 1 is 1.10 bits per heavy atom. The molecule has 6 nitrogen and oxygen atoms in total. The first kappa shape index (κ1) is 15.2. The number of nitrogens with zero attached hydrogens (tertiary/aromatic N) is 1. The van der Waals surface area contributed by atoms with Gasteiger partial charge in [-0.05, 0) is 29.9 Å². The van der Waals surface area contributed by atoms with E-state index in [0.717, 1.165) is 0 Å². The minimum Gasteiger partial charge on any atom is -0.394 e. The Balaban J connectivity index is 2.24. The van der Waals surface area contributed by atoms with E-state index in [9.17, 15) is 15.3 Å². The molecule has 0 bridgehead atoms. The molecule has 0 aromatic heterocycles. The summed E-state index contributed by atoms with van der Waals surface area (Å²) in [6.07, 6.45) is -5.78. The highest BCUT2D eigenvalue weighted by atomic mass is 32.1. The number of aliphatic hydroxyl groups excluding tert-OH is 4. The molecule has 0 spiro atoms. The number of aliphatic hydroxyl groups is 4. The highest BCUT2D eigenvalue weighted by molar-refractivity contribution is 7.78. The monoisotopic (exact) mass is 297 g/mol. The van der Waals surface area contributed by atoms with Crippen molar-refractivity contribution in [3.05, 3.63) is 29.8 Å². The maximum atomic E-state index is 9.98. The van der Waals surface area contributed by atoms with Gasteiger partial charge in [0, 0.05) is 0 Å². The van der Waals surface area contributed by atoms with E-state index in [4.69, 9.17) is 9.84 Å². The summed E-state index contributed by atoms with van der Waals surface area (Å²) >= 11 is 4.50. The molecule has 2 rings (SSSR count). The molecule has 0 radical (unpaired) electrons. The van der Waals surface area contributed by atoms with Crippen LogP contribution in [0.25, 0.3) is 0 Å². The van der Waals surface area contributed by atoms with E-state index in [2.05, 4.69) is 22.4 Å². The van der Waals surface area contributed by atoms with Gasteiger partial charge in [0.05, 0.1) is 17.5 Å². The van der Waals surface area contributed by atoms with Gasteiger partial charge in [-0.3, -0.25) is 0 Å². The lowest BCUT2D eigenvalue weighted by Crippen LogP contribution is -2.55. The highest BCUT2D eigenvalue weighted by Gasteiger charge is 2.43. The van der Waals surface area contributed by atoms with Crippen LogP contribution in [-0.4, -0.2) is 56.6 Å². The molecule has 1 heterocycles. The summed E-state index contributed by atoms with van der Waals surface area (Å²) in [5.74, 6) is 0. The van der Waals surface area contributed by atoms with Gasteiger partial charge in [0.15, 0.2) is 0 Å². The highest BCUT2D eigenvalue weighted by Crippen LogP contribution is 2.32. The van der Waals surface area contributed by atoms with E-state index >= 15 is 0 Å². The van der Waals surface area contributed by atoms with Gasteiger partial charge < -0.3 is 25.2 Å². The van der Waals surface area contributed by atoms with Gasteiger partial charge in [-0.1, -0.05) is 12.1 Å². The molecule has 108 valence electrons. The van der Waals surface area contributed by atoms with Gasteiger partial charge in [0.1, 0.15) is 30.5 Å². The van der Waals surface area contributed by atoms with Crippen molar-refractivity contribution in [3.63, 3.8) is 0 Å². The third kappa shape index (κ3) is 2.94. The maximum absolute atomic E-state index is 9.98. The average Bonchev–Trinajstić information content (AvgIpc) is 2.47. The van der Waals surface area contributed by atoms with E-state index in [-0.39, 0.29) is 0 Å². The van der Waals surface area contributed by atoms with Crippen LogP contribution in [0.3, 0.4) is 0 Å². The molecule has 1 saturated heterocycles. The van der Waals surface area contributed by atoms with Crippen LogP contribution in [-0.2, 0) is 4.74 Å². The molecule has 7 heteroatoms. The van der Waals surface area contributed by atoms with Gasteiger partial charge in [-0.25, -0.2) is 0 Å². The van der Waals surface area contributed by atoms with Gasteiger partial charge in [-0.15, -0.1) is 0 Å². The number of aliphatic imine (C=N–C) groups is 1. The van der Waals surface area contributed by atoms with Crippen LogP contribution in [0.2, 0.25) is 0 Å². The van der Waals surface area contributed by atoms with E-state index < -0.39 is 37.1 Å². The largest absolute Gasteiger partial charge is 0.394 e. The van der Waals surface area contributed by atoms with Crippen LogP contribution in [0.15, 0.2) is 29.3 Å². The standard InChI is InChI=1S/C13H15NO5S/c15-5-9-10(16)11(17)12(18)13(19-9)7-1-3-8(4-2-7)14-6-20/h1-4,9-13,15-18H,5H2/t9-,10-,11+,12+,13+/m1/s1. The summed E-state index contributed by atoms with van der Waals surface area (Å²) in [6.45, 7) is -0.450. The second-order valence-corrected chi connectivity index (χ2v) is 4.73. The molecule has 5 atom stereocenters. The Bertz CT molecular complexity index is 500. The first-order valence-electron chi connectivity index (χ1n) is 6.07. The third-order valence-electron chi connectivity index (χ3n) is 3.29. The Morgan fingerprint density at radius 3 is 2.30 bits per heavy atom. The first-order valence-corrected chi connectivity index (χ1v) is 6.47. The fraction of sp³-hybridized carbons (Fsp3) is 0.462. The molecule has 4 N–H and O–H groups in total. The predicted molar refractivity (Wildman–Crippen MR) is 73.8 cm³/mol. The number of ether oxygens (including phenoxy) is 1. The number of benzene rings is 1. The van der Waals surface area contributed by atoms with Crippen LogP contribution < -0.4 is 0 Å². The fourth-order valence-corrected chi connectivity index (χ4v) is 2.27.